The molecule has 0 radical (unpaired) electrons. The van der Waals surface area contributed by atoms with E-state index >= 15 is 0 Å². The Morgan fingerprint density at radius 3 is 2.23 bits per heavy atom. The van der Waals surface area contributed by atoms with Gasteiger partial charge in [-0.1, -0.05) is 34.6 Å². The van der Waals surface area contributed by atoms with Crippen LogP contribution in [0.2, 0.25) is 0 Å². The standard InChI is InChI=1S/C37H60O11/c1-18-15-21(28(32(5,6)43)46-19(2)38)48-37(44)27(18)33(7)13-14-36-17-35(36)12-11-24(47-29-26(41)25(40)20(39)16-45-29)31(3,4)22(35)9-10-23(36)34(33,8)30(37)42/h18,20-30,39-44H,9-17H2,1-8H3/t18-,20?,21-,22+,23+,24+,25+,26-,27-,28+,29+,30-,33-,34-,35-,36+,37-/m1/s1. The molecule has 0 amide bonds. The minimum Gasteiger partial charge on any atom is -0.457 e. The van der Waals surface area contributed by atoms with E-state index in [0.29, 0.717) is 12.3 Å². The van der Waals surface area contributed by atoms with E-state index in [4.69, 9.17) is 18.9 Å². The lowest BCUT2D eigenvalue weighted by Crippen LogP contribution is -2.62. The van der Waals surface area contributed by atoms with Gasteiger partial charge in [0, 0.05) is 18.3 Å². The van der Waals surface area contributed by atoms with Crippen molar-refractivity contribution in [3.05, 3.63) is 0 Å². The van der Waals surface area contributed by atoms with Gasteiger partial charge in [0.15, 0.2) is 18.2 Å². The van der Waals surface area contributed by atoms with Gasteiger partial charge < -0.3 is 49.6 Å². The molecule has 17 atom stereocenters. The van der Waals surface area contributed by atoms with Crippen LogP contribution >= 0.6 is 0 Å². The van der Waals surface area contributed by atoms with Gasteiger partial charge >= 0.3 is 5.97 Å². The van der Waals surface area contributed by atoms with E-state index < -0.39 is 71.1 Å². The van der Waals surface area contributed by atoms with E-state index in [-0.39, 0.29) is 46.7 Å². The van der Waals surface area contributed by atoms with Crippen molar-refractivity contribution >= 4 is 5.97 Å². The number of carbonyl (C=O) groups excluding carboxylic acids is 1. The van der Waals surface area contributed by atoms with Crippen LogP contribution in [0.1, 0.15) is 107 Å². The lowest BCUT2D eigenvalue weighted by molar-refractivity contribution is -0.342. The zero-order valence-electron chi connectivity index (χ0n) is 30.0. The molecule has 2 heterocycles. The first-order valence-corrected chi connectivity index (χ1v) is 18.4. The number of fused-ring (bicyclic) bond motifs is 4. The van der Waals surface area contributed by atoms with Crippen molar-refractivity contribution < 1.29 is 54.4 Å². The van der Waals surface area contributed by atoms with Crippen LogP contribution in [0.25, 0.3) is 0 Å². The molecule has 2 saturated heterocycles. The number of hydrogen-bond donors (Lipinski definition) is 6. The van der Waals surface area contributed by atoms with E-state index in [1.807, 2.05) is 0 Å². The zero-order chi connectivity index (χ0) is 35.2. The average Bonchev–Trinajstić information content (AvgIpc) is 3.62. The maximum atomic E-state index is 12.6. The Kier molecular flexibility index (Phi) is 8.01. The molecule has 5 aliphatic carbocycles. The Hall–Kier alpha value is -0.890. The summed E-state index contributed by atoms with van der Waals surface area (Å²) in [5.74, 6) is -2.26. The van der Waals surface area contributed by atoms with Gasteiger partial charge in [0.25, 0.3) is 0 Å². The zero-order valence-corrected chi connectivity index (χ0v) is 30.0. The largest absolute Gasteiger partial charge is 0.457 e. The van der Waals surface area contributed by atoms with Crippen LogP contribution in [0.5, 0.6) is 0 Å². The fourth-order valence-electron chi connectivity index (χ4n) is 13.8. The number of aliphatic hydroxyl groups excluding tert-OH is 4. The molecule has 0 aromatic heterocycles. The molecule has 0 bridgehead atoms. The second-order valence-corrected chi connectivity index (χ2v) is 18.8. The van der Waals surface area contributed by atoms with Crippen LogP contribution in [-0.4, -0.2) is 104 Å². The summed E-state index contributed by atoms with van der Waals surface area (Å²) in [7, 11) is 0. The molecule has 2 aliphatic heterocycles. The van der Waals surface area contributed by atoms with Gasteiger partial charge in [0.1, 0.15) is 30.5 Å². The summed E-state index contributed by atoms with van der Waals surface area (Å²) < 4.78 is 24.2. The van der Waals surface area contributed by atoms with E-state index in [9.17, 15) is 35.4 Å². The van der Waals surface area contributed by atoms with Gasteiger partial charge in [0.05, 0.1) is 18.3 Å². The lowest BCUT2D eigenvalue weighted by Gasteiger charge is -2.63. The first-order valence-electron chi connectivity index (χ1n) is 18.4. The topological polar surface area (TPSA) is 175 Å². The second-order valence-electron chi connectivity index (χ2n) is 18.8. The predicted octanol–water partition coefficient (Wildman–Crippen LogP) is 2.65. The molecule has 48 heavy (non-hydrogen) atoms. The molecule has 2 spiro atoms. The Bertz CT molecular complexity index is 1300. The molecule has 11 heteroatoms. The minimum absolute atomic E-state index is 0.0222. The number of esters is 1. The van der Waals surface area contributed by atoms with Crippen LogP contribution in [-0.2, 0) is 23.7 Å². The maximum Gasteiger partial charge on any atom is 0.303 e. The summed E-state index contributed by atoms with van der Waals surface area (Å²) in [5, 5.41) is 67.0. The van der Waals surface area contributed by atoms with Gasteiger partial charge in [0.2, 0.25) is 0 Å². The normalized spacial score (nSPS) is 56.1. The average molecular weight is 681 g/mol. The van der Waals surface area contributed by atoms with Crippen molar-refractivity contribution in [1.29, 1.82) is 0 Å². The van der Waals surface area contributed by atoms with Crippen LogP contribution in [0.3, 0.4) is 0 Å². The van der Waals surface area contributed by atoms with Gasteiger partial charge in [-0.3, -0.25) is 4.79 Å². The Morgan fingerprint density at radius 1 is 0.938 bits per heavy atom. The van der Waals surface area contributed by atoms with Crippen LogP contribution in [0, 0.1) is 50.7 Å². The molecule has 0 aromatic carbocycles. The monoisotopic (exact) mass is 680 g/mol. The molecule has 274 valence electrons. The number of aliphatic hydroxyl groups is 6. The summed E-state index contributed by atoms with van der Waals surface area (Å²) >= 11 is 0. The minimum atomic E-state index is -1.86. The number of ether oxygens (including phenoxy) is 4. The van der Waals surface area contributed by atoms with Crippen molar-refractivity contribution in [3.8, 4) is 0 Å². The lowest BCUT2D eigenvalue weighted by atomic mass is 9.41. The summed E-state index contributed by atoms with van der Waals surface area (Å²) in [4.78, 5) is 12.1. The molecule has 0 aromatic rings. The third kappa shape index (κ3) is 4.41. The highest BCUT2D eigenvalue weighted by Gasteiger charge is 2.86. The molecule has 1 unspecified atom stereocenters. The fourth-order valence-corrected chi connectivity index (χ4v) is 13.8. The van der Waals surface area contributed by atoms with Crippen molar-refractivity contribution in [2.45, 2.75) is 167 Å². The van der Waals surface area contributed by atoms with Gasteiger partial charge in [-0.2, -0.15) is 0 Å². The molecule has 6 N–H and O–H groups in total. The first kappa shape index (κ1) is 35.5. The fraction of sp³-hybridized carbons (Fsp3) is 0.973. The Balaban J connectivity index is 1.17. The van der Waals surface area contributed by atoms with E-state index in [1.54, 1.807) is 13.8 Å². The highest BCUT2D eigenvalue weighted by atomic mass is 16.7. The molecule has 11 nitrogen and oxygen atoms in total. The number of rotatable bonds is 5. The van der Waals surface area contributed by atoms with Crippen molar-refractivity contribution in [2.75, 3.05) is 6.61 Å². The third-order valence-corrected chi connectivity index (χ3v) is 15.9. The van der Waals surface area contributed by atoms with Gasteiger partial charge in [-0.25, -0.2) is 0 Å². The van der Waals surface area contributed by atoms with Crippen molar-refractivity contribution in [1.82, 2.24) is 0 Å². The van der Waals surface area contributed by atoms with Gasteiger partial charge in [-0.15, -0.1) is 0 Å². The highest BCUT2D eigenvalue weighted by molar-refractivity contribution is 5.66. The molecular weight excluding hydrogens is 620 g/mol. The van der Waals surface area contributed by atoms with E-state index in [0.717, 1.165) is 44.9 Å². The van der Waals surface area contributed by atoms with Crippen LogP contribution in [0.15, 0.2) is 0 Å². The second kappa shape index (κ2) is 10.8. The van der Waals surface area contributed by atoms with Gasteiger partial charge in [-0.05, 0) is 105 Å². The summed E-state index contributed by atoms with van der Waals surface area (Å²) in [5.41, 5.74) is -2.59. The summed E-state index contributed by atoms with van der Waals surface area (Å²) in [6, 6.07) is 0. The van der Waals surface area contributed by atoms with Crippen LogP contribution in [0.4, 0.5) is 0 Å². The Morgan fingerprint density at radius 2 is 1.58 bits per heavy atom. The molecule has 7 aliphatic rings. The maximum absolute atomic E-state index is 12.6. The molecule has 5 saturated carbocycles. The first-order chi connectivity index (χ1) is 22.1. The third-order valence-electron chi connectivity index (χ3n) is 15.9. The van der Waals surface area contributed by atoms with E-state index in [2.05, 4.69) is 34.6 Å². The van der Waals surface area contributed by atoms with E-state index in [1.165, 1.54) is 6.92 Å². The number of hydrogen-bond acceptors (Lipinski definition) is 11. The smallest absolute Gasteiger partial charge is 0.303 e. The number of carbonyl (C=O) groups is 1. The SMILES string of the molecule is CC(=O)O[C@@H]([C@H]1C[C@@H](C)[C@H]2[C@@](O)(O1)[C@H](O)[C@@]1(C)[C@@H]3CC[C@H]4C(C)(C)[C@@H](O[C@@H]5OCC(O)[C@H](O)[C@H]5O)CC[C@@]45C[C@@]35CC[C@]21C)C(C)(C)O. The molecular formula is C37H60O11. The van der Waals surface area contributed by atoms with Crippen molar-refractivity contribution in [3.63, 3.8) is 0 Å². The molecule has 7 rings (SSSR count). The predicted molar refractivity (Wildman–Crippen MR) is 172 cm³/mol. The Labute approximate surface area is 284 Å². The highest BCUT2D eigenvalue weighted by Crippen LogP contribution is 2.89. The van der Waals surface area contributed by atoms with Crippen molar-refractivity contribution in [2.24, 2.45) is 50.7 Å². The summed E-state index contributed by atoms with van der Waals surface area (Å²) in [6.07, 6.45) is -0.902. The van der Waals surface area contributed by atoms with Crippen LogP contribution < -0.4 is 0 Å². The molecule has 7 fully saturated rings. The summed E-state index contributed by atoms with van der Waals surface area (Å²) in [6.45, 7) is 15.4. The quantitative estimate of drug-likeness (QED) is 0.186.